The predicted octanol–water partition coefficient (Wildman–Crippen LogP) is 9.46. The van der Waals surface area contributed by atoms with Crippen molar-refractivity contribution in [2.45, 2.75) is 49.9 Å². The van der Waals surface area contributed by atoms with Gasteiger partial charge in [0.05, 0.1) is 24.2 Å². The first-order valence-electron chi connectivity index (χ1n) is 14.1. The Kier molecular flexibility index (Phi) is 8.87. The molecule has 1 heterocycles. The highest BCUT2D eigenvalue weighted by molar-refractivity contribution is 7.39. The van der Waals surface area contributed by atoms with Crippen LogP contribution in [0.15, 0.2) is 147 Å². The first-order chi connectivity index (χ1) is 19.6. The Balaban J connectivity index is 1.74. The van der Waals surface area contributed by atoms with Crippen molar-refractivity contribution in [1.29, 1.82) is 0 Å². The highest BCUT2D eigenvalue weighted by atomic mass is 31.1. The van der Waals surface area contributed by atoms with Gasteiger partial charge in [0.1, 0.15) is 0 Å². The molecule has 1 aliphatic rings. The molecule has 5 rings (SSSR count). The van der Waals surface area contributed by atoms with E-state index in [2.05, 4.69) is 133 Å². The van der Waals surface area contributed by atoms with Crippen LogP contribution in [0.4, 0.5) is 0 Å². The van der Waals surface area contributed by atoms with Crippen molar-refractivity contribution in [3.05, 3.63) is 169 Å². The van der Waals surface area contributed by atoms with Gasteiger partial charge in [0.2, 0.25) is 0 Å². The average molecular weight is 546 g/mol. The van der Waals surface area contributed by atoms with Gasteiger partial charge >= 0.3 is 8.10 Å². The van der Waals surface area contributed by atoms with Crippen molar-refractivity contribution in [2.24, 2.45) is 0 Å². The van der Waals surface area contributed by atoms with Gasteiger partial charge in [-0.25, -0.2) is 0 Å². The number of hydrogen-bond acceptors (Lipinski definition) is 1. The molecule has 0 spiro atoms. The summed E-state index contributed by atoms with van der Waals surface area (Å²) in [6, 6.07) is 41.5. The molecule has 40 heavy (non-hydrogen) atoms. The molecule has 4 aromatic rings. The maximum atomic E-state index is 15.0. The summed E-state index contributed by atoms with van der Waals surface area (Å²) in [7, 11) is -1.93. The lowest BCUT2D eigenvalue weighted by Crippen LogP contribution is -2.45. The second kappa shape index (κ2) is 12.7. The van der Waals surface area contributed by atoms with Crippen LogP contribution in [0.5, 0.6) is 0 Å². The number of nitrogens with zero attached hydrogens (tertiary/aromatic N) is 2. The fourth-order valence-corrected chi connectivity index (χ4v) is 8.41. The second-order valence-corrected chi connectivity index (χ2v) is 11.9. The van der Waals surface area contributed by atoms with Gasteiger partial charge in [-0.1, -0.05) is 143 Å². The first-order valence-corrected chi connectivity index (χ1v) is 15.2. The number of hydrogen-bond donors (Lipinski definition) is 0. The molecule has 0 amide bonds. The third-order valence-electron chi connectivity index (χ3n) is 8.33. The maximum absolute atomic E-state index is 15.0. The van der Waals surface area contributed by atoms with Crippen LogP contribution in [0.25, 0.3) is 0 Å². The van der Waals surface area contributed by atoms with E-state index in [0.717, 1.165) is 11.1 Å². The Morgan fingerprint density at radius 3 is 1.10 bits per heavy atom. The molecule has 0 aromatic heterocycles. The van der Waals surface area contributed by atoms with Crippen LogP contribution in [-0.4, -0.2) is 21.4 Å². The van der Waals surface area contributed by atoms with Crippen molar-refractivity contribution in [3.8, 4) is 0 Å². The maximum Gasteiger partial charge on any atom is 0.539 e. The monoisotopic (exact) mass is 545 g/mol. The second-order valence-electron chi connectivity index (χ2n) is 10.5. The van der Waals surface area contributed by atoms with Crippen LogP contribution in [0, 0.1) is 0 Å². The summed E-state index contributed by atoms with van der Waals surface area (Å²) >= 11 is 0. The van der Waals surface area contributed by atoms with Crippen molar-refractivity contribution < 1.29 is 4.57 Å². The first kappa shape index (κ1) is 27.9. The third kappa shape index (κ3) is 5.38. The molecule has 6 atom stereocenters. The zero-order valence-corrected chi connectivity index (χ0v) is 24.2. The van der Waals surface area contributed by atoms with E-state index in [-0.39, 0.29) is 36.0 Å². The quantitative estimate of drug-likeness (QED) is 0.146. The smallest absolute Gasteiger partial charge is 0.102 e. The highest BCUT2D eigenvalue weighted by Gasteiger charge is 2.64. The van der Waals surface area contributed by atoms with Crippen molar-refractivity contribution >= 4 is 8.10 Å². The molecular weight excluding hydrogens is 507 g/mol. The summed E-state index contributed by atoms with van der Waals surface area (Å²) in [5, 5.41) is 0. The van der Waals surface area contributed by atoms with Crippen LogP contribution >= 0.6 is 8.10 Å². The van der Waals surface area contributed by atoms with E-state index in [9.17, 15) is 4.57 Å². The molecule has 1 saturated heterocycles. The Bertz CT molecular complexity index is 1300. The lowest BCUT2D eigenvalue weighted by atomic mass is 9.78. The van der Waals surface area contributed by atoms with E-state index in [4.69, 9.17) is 0 Å². The molecule has 3 nitrogen and oxygen atoms in total. The standard InChI is InChI=1S/C36H38N2OP/c1-5-33(31-23-15-9-16-24-31)35-36(34(6-2)32-25-17-10-18-26-32)38(28(4)30-21-13-8-14-22-30)40(39)37(35)27(3)29-19-11-7-12-20-29/h5-28,33-36H,1-2H2,3-4H3/q+1/t27-,28-,33+,34+,35+,36+/m0/s1. The molecular formula is C36H38N2OP+. The number of rotatable bonds is 10. The molecule has 4 aromatic carbocycles. The average Bonchev–Trinajstić information content (AvgIpc) is 3.31. The highest BCUT2D eigenvalue weighted by Crippen LogP contribution is 2.59. The normalized spacial score (nSPS) is 20.9. The minimum atomic E-state index is -1.93. The van der Waals surface area contributed by atoms with Gasteiger partial charge in [-0.2, -0.15) is 0 Å². The predicted molar refractivity (Wildman–Crippen MR) is 167 cm³/mol. The lowest BCUT2D eigenvalue weighted by Gasteiger charge is -2.35. The molecule has 4 heteroatoms. The topological polar surface area (TPSA) is 23.6 Å². The summed E-state index contributed by atoms with van der Waals surface area (Å²) in [6.07, 6.45) is 4.09. The van der Waals surface area contributed by atoms with E-state index in [1.54, 1.807) is 0 Å². The SMILES string of the molecule is C=C[C@H](c1ccccc1)[C@@H]1[C@@H]([C@H](C=C)c2ccccc2)N([C@@H](C)c2ccccc2)[P+](=O)N1[C@@H](C)c1ccccc1. The molecule has 0 aliphatic carbocycles. The van der Waals surface area contributed by atoms with Crippen molar-refractivity contribution in [1.82, 2.24) is 9.34 Å². The molecule has 0 radical (unpaired) electrons. The summed E-state index contributed by atoms with van der Waals surface area (Å²) in [6.45, 7) is 13.0. The van der Waals surface area contributed by atoms with Gasteiger partial charge in [-0.05, 0) is 40.7 Å². The van der Waals surface area contributed by atoms with Crippen molar-refractivity contribution in [2.75, 3.05) is 0 Å². The molecule has 0 saturated carbocycles. The zero-order valence-electron chi connectivity index (χ0n) is 23.3. The molecule has 1 fully saturated rings. The van der Waals surface area contributed by atoms with Gasteiger partial charge in [0, 0.05) is 11.8 Å². The molecule has 202 valence electrons. The minimum absolute atomic E-state index is 0.0459. The summed E-state index contributed by atoms with van der Waals surface area (Å²) < 4.78 is 19.5. The van der Waals surface area contributed by atoms with Crippen LogP contribution in [0.3, 0.4) is 0 Å². The lowest BCUT2D eigenvalue weighted by molar-refractivity contribution is 0.187. The summed E-state index contributed by atoms with van der Waals surface area (Å²) in [5.41, 5.74) is 4.64. The van der Waals surface area contributed by atoms with Crippen LogP contribution < -0.4 is 0 Å². The van der Waals surface area contributed by atoms with Crippen LogP contribution in [0.2, 0.25) is 0 Å². The zero-order chi connectivity index (χ0) is 28.1. The van der Waals surface area contributed by atoms with Gasteiger partial charge in [0.15, 0.2) is 0 Å². The largest absolute Gasteiger partial charge is 0.539 e. The minimum Gasteiger partial charge on any atom is -0.102 e. The van der Waals surface area contributed by atoms with Gasteiger partial charge in [-0.15, -0.1) is 13.2 Å². The van der Waals surface area contributed by atoms with Gasteiger partial charge < -0.3 is 0 Å². The van der Waals surface area contributed by atoms with Gasteiger partial charge in [0.25, 0.3) is 0 Å². The Morgan fingerprint density at radius 1 is 0.550 bits per heavy atom. The van der Waals surface area contributed by atoms with E-state index in [0.29, 0.717) is 0 Å². The molecule has 1 aliphatic heterocycles. The summed E-state index contributed by atoms with van der Waals surface area (Å²) in [4.78, 5) is 0. The Morgan fingerprint density at radius 2 is 0.825 bits per heavy atom. The third-order valence-corrected chi connectivity index (χ3v) is 10.3. The van der Waals surface area contributed by atoms with Crippen molar-refractivity contribution in [3.63, 3.8) is 0 Å². The van der Waals surface area contributed by atoms with Gasteiger partial charge in [-0.3, -0.25) is 0 Å². The van der Waals surface area contributed by atoms with Crippen LogP contribution in [0.1, 0.15) is 60.0 Å². The molecule has 0 bridgehead atoms. The Labute approximate surface area is 240 Å². The fourth-order valence-electron chi connectivity index (χ4n) is 6.29. The van der Waals surface area contributed by atoms with E-state index in [1.807, 2.05) is 36.4 Å². The van der Waals surface area contributed by atoms with E-state index < -0.39 is 8.10 Å². The fraction of sp³-hybridized carbons (Fsp3) is 0.222. The molecule has 0 unspecified atom stereocenters. The Hall–Kier alpha value is -3.62. The number of benzene rings is 4. The van der Waals surface area contributed by atoms with E-state index in [1.165, 1.54) is 11.1 Å². The summed E-state index contributed by atoms with van der Waals surface area (Å²) in [5.74, 6) is -0.0918. The molecule has 0 N–H and O–H groups in total. The van der Waals surface area contributed by atoms with Crippen LogP contribution in [-0.2, 0) is 4.57 Å². The van der Waals surface area contributed by atoms with E-state index >= 15 is 0 Å².